The van der Waals surface area contributed by atoms with Crippen LogP contribution < -0.4 is 0 Å². The molecule has 0 aromatic carbocycles. The Labute approximate surface area is 157 Å². The first-order valence-corrected chi connectivity index (χ1v) is 9.60. The van der Waals surface area contributed by atoms with Crippen LogP contribution >= 0.6 is 0 Å². The maximum absolute atomic E-state index is 4.98. The van der Waals surface area contributed by atoms with E-state index in [0.29, 0.717) is 5.92 Å². The van der Waals surface area contributed by atoms with Crippen LogP contribution in [0, 0.1) is 0 Å². The van der Waals surface area contributed by atoms with Gasteiger partial charge in [-0.1, -0.05) is 25.3 Å². The quantitative estimate of drug-likeness (QED) is 0.553. The van der Waals surface area contributed by atoms with E-state index in [1.807, 2.05) is 30.6 Å². The zero-order valence-corrected chi connectivity index (χ0v) is 15.1. The molecule has 1 fully saturated rings. The van der Waals surface area contributed by atoms with Gasteiger partial charge in [-0.15, -0.1) is 0 Å². The Hall–Kier alpha value is -3.08. The lowest BCUT2D eigenvalue weighted by atomic mass is 9.86. The van der Waals surface area contributed by atoms with Crippen molar-refractivity contribution < 1.29 is 0 Å². The van der Waals surface area contributed by atoms with Crippen molar-refractivity contribution in [2.24, 2.45) is 0 Å². The molecule has 4 aromatic heterocycles. The highest BCUT2D eigenvalue weighted by Gasteiger charge is 2.18. The molecule has 1 aliphatic rings. The summed E-state index contributed by atoms with van der Waals surface area (Å²) >= 11 is 0. The van der Waals surface area contributed by atoms with E-state index in [1.165, 1.54) is 37.8 Å². The van der Waals surface area contributed by atoms with Crippen LogP contribution in [-0.2, 0) is 0 Å². The summed E-state index contributed by atoms with van der Waals surface area (Å²) in [6.07, 6.45) is 11.9. The zero-order chi connectivity index (χ0) is 18.1. The zero-order valence-electron chi connectivity index (χ0n) is 15.1. The molecule has 0 spiro atoms. The Morgan fingerprint density at radius 1 is 0.926 bits per heavy atom. The molecule has 1 aliphatic carbocycles. The molecule has 0 aliphatic heterocycles. The van der Waals surface area contributed by atoms with Gasteiger partial charge >= 0.3 is 0 Å². The lowest BCUT2D eigenvalue weighted by Crippen LogP contribution is -2.06. The van der Waals surface area contributed by atoms with Gasteiger partial charge in [0.25, 0.3) is 0 Å². The van der Waals surface area contributed by atoms with E-state index in [2.05, 4.69) is 38.4 Å². The average Bonchev–Trinajstić information content (AvgIpc) is 3.18. The normalized spacial score (nSPS) is 15.3. The number of aromatic amines is 1. The number of H-pyrrole nitrogens is 1. The van der Waals surface area contributed by atoms with Crippen molar-refractivity contribution in [1.82, 2.24) is 25.1 Å². The SMILES string of the molecule is c1cncc(-c2cc3c(-c4cccc(C5CCCCC5)n4)n[nH]c3cn2)c1. The Balaban J connectivity index is 1.57. The van der Waals surface area contributed by atoms with Gasteiger partial charge in [-0.3, -0.25) is 20.1 Å². The maximum Gasteiger partial charge on any atom is 0.118 e. The van der Waals surface area contributed by atoms with Crippen molar-refractivity contribution in [1.29, 1.82) is 0 Å². The Bertz CT molecular complexity index is 1060. The maximum atomic E-state index is 4.98. The van der Waals surface area contributed by atoms with Crippen LogP contribution in [0.2, 0.25) is 0 Å². The van der Waals surface area contributed by atoms with Crippen LogP contribution in [0.3, 0.4) is 0 Å². The van der Waals surface area contributed by atoms with Crippen molar-refractivity contribution in [2.45, 2.75) is 38.0 Å². The molecule has 4 aromatic rings. The molecule has 0 bridgehead atoms. The fraction of sp³-hybridized carbons (Fsp3) is 0.273. The molecule has 5 nitrogen and oxygen atoms in total. The minimum absolute atomic E-state index is 0.580. The fourth-order valence-corrected chi connectivity index (χ4v) is 3.99. The van der Waals surface area contributed by atoms with Gasteiger partial charge in [0, 0.05) is 35.0 Å². The highest BCUT2D eigenvalue weighted by molar-refractivity contribution is 5.93. The Kier molecular flexibility index (Phi) is 4.13. The predicted molar refractivity (Wildman–Crippen MR) is 106 cm³/mol. The third kappa shape index (κ3) is 3.10. The van der Waals surface area contributed by atoms with Gasteiger partial charge in [-0.2, -0.15) is 5.10 Å². The summed E-state index contributed by atoms with van der Waals surface area (Å²) in [6.45, 7) is 0. The standard InChI is InChI=1S/C22H21N5/c1-2-6-15(7-3-1)18-9-4-10-19(25-18)22-17-12-20(16-8-5-11-23-13-16)24-14-21(17)26-27-22/h4-5,8-15H,1-3,6-7H2,(H,26,27). The van der Waals surface area contributed by atoms with Crippen LogP contribution in [-0.4, -0.2) is 25.1 Å². The first kappa shape index (κ1) is 16.1. The van der Waals surface area contributed by atoms with Gasteiger partial charge in [-0.25, -0.2) is 0 Å². The number of aromatic nitrogens is 5. The third-order valence-corrected chi connectivity index (χ3v) is 5.44. The largest absolute Gasteiger partial charge is 0.276 e. The Morgan fingerprint density at radius 3 is 2.70 bits per heavy atom. The molecule has 5 heteroatoms. The number of fused-ring (bicyclic) bond motifs is 1. The monoisotopic (exact) mass is 355 g/mol. The molecule has 0 saturated heterocycles. The van der Waals surface area contributed by atoms with Crippen molar-refractivity contribution in [3.8, 4) is 22.6 Å². The van der Waals surface area contributed by atoms with E-state index < -0.39 is 0 Å². The summed E-state index contributed by atoms with van der Waals surface area (Å²) in [7, 11) is 0. The van der Waals surface area contributed by atoms with Gasteiger partial charge in [0.2, 0.25) is 0 Å². The first-order valence-electron chi connectivity index (χ1n) is 9.60. The summed E-state index contributed by atoms with van der Waals surface area (Å²) in [5.41, 5.74) is 5.81. The van der Waals surface area contributed by atoms with Crippen LogP contribution in [0.15, 0.2) is 55.0 Å². The molecule has 27 heavy (non-hydrogen) atoms. The first-order chi connectivity index (χ1) is 13.4. The minimum Gasteiger partial charge on any atom is -0.276 e. The summed E-state index contributed by atoms with van der Waals surface area (Å²) < 4.78 is 0. The van der Waals surface area contributed by atoms with Crippen molar-refractivity contribution >= 4 is 10.9 Å². The van der Waals surface area contributed by atoms with E-state index in [1.54, 1.807) is 6.20 Å². The molecule has 134 valence electrons. The van der Waals surface area contributed by atoms with Crippen LogP contribution in [0.4, 0.5) is 0 Å². The lowest BCUT2D eigenvalue weighted by Gasteiger charge is -2.21. The number of hydrogen-bond donors (Lipinski definition) is 1. The summed E-state index contributed by atoms with van der Waals surface area (Å²) in [4.78, 5) is 13.7. The number of nitrogens with zero attached hydrogens (tertiary/aromatic N) is 4. The molecule has 0 radical (unpaired) electrons. The highest BCUT2D eigenvalue weighted by atomic mass is 15.1. The minimum atomic E-state index is 0.580. The van der Waals surface area contributed by atoms with E-state index >= 15 is 0 Å². The summed E-state index contributed by atoms with van der Waals surface area (Å²) in [5.74, 6) is 0.580. The second-order valence-electron chi connectivity index (χ2n) is 7.21. The smallest absolute Gasteiger partial charge is 0.118 e. The summed E-state index contributed by atoms with van der Waals surface area (Å²) in [5, 5.41) is 8.68. The predicted octanol–water partition coefficient (Wildman–Crippen LogP) is 5.13. The lowest BCUT2D eigenvalue weighted by molar-refractivity contribution is 0.437. The van der Waals surface area contributed by atoms with Crippen LogP contribution in [0.5, 0.6) is 0 Å². The topological polar surface area (TPSA) is 67.3 Å². The molecule has 1 N–H and O–H groups in total. The second-order valence-corrected chi connectivity index (χ2v) is 7.21. The van der Waals surface area contributed by atoms with Crippen LogP contribution in [0.25, 0.3) is 33.5 Å². The molecular formula is C22H21N5. The van der Waals surface area contributed by atoms with E-state index in [-0.39, 0.29) is 0 Å². The second kappa shape index (κ2) is 6.91. The van der Waals surface area contributed by atoms with Crippen molar-refractivity contribution in [3.63, 3.8) is 0 Å². The van der Waals surface area contributed by atoms with Gasteiger partial charge < -0.3 is 0 Å². The summed E-state index contributed by atoms with van der Waals surface area (Å²) in [6, 6.07) is 12.3. The molecule has 1 saturated carbocycles. The van der Waals surface area contributed by atoms with E-state index in [4.69, 9.17) is 4.98 Å². The van der Waals surface area contributed by atoms with Gasteiger partial charge in [0.05, 0.1) is 23.1 Å². The molecule has 0 unspecified atom stereocenters. The molecule has 5 rings (SSSR count). The van der Waals surface area contributed by atoms with E-state index in [0.717, 1.165) is 33.5 Å². The highest BCUT2D eigenvalue weighted by Crippen LogP contribution is 2.33. The number of hydrogen-bond acceptors (Lipinski definition) is 4. The average molecular weight is 355 g/mol. The van der Waals surface area contributed by atoms with Gasteiger partial charge in [0.15, 0.2) is 0 Å². The fourth-order valence-electron chi connectivity index (χ4n) is 3.99. The van der Waals surface area contributed by atoms with Gasteiger partial charge in [-0.05, 0) is 43.2 Å². The van der Waals surface area contributed by atoms with Gasteiger partial charge in [0.1, 0.15) is 5.69 Å². The molecule has 0 atom stereocenters. The van der Waals surface area contributed by atoms with E-state index in [9.17, 15) is 0 Å². The molecular weight excluding hydrogens is 334 g/mol. The van der Waals surface area contributed by atoms with Crippen molar-refractivity contribution in [3.05, 3.63) is 60.7 Å². The molecule has 4 heterocycles. The van der Waals surface area contributed by atoms with Crippen LogP contribution in [0.1, 0.15) is 43.7 Å². The number of rotatable bonds is 3. The van der Waals surface area contributed by atoms with Crippen molar-refractivity contribution in [2.75, 3.05) is 0 Å². The molecule has 0 amide bonds. The number of pyridine rings is 3. The third-order valence-electron chi connectivity index (χ3n) is 5.44. The Morgan fingerprint density at radius 2 is 1.85 bits per heavy atom. The number of nitrogens with one attached hydrogen (secondary N) is 1.